The molecule has 0 heterocycles. The number of nitrogens with zero attached hydrogens (tertiary/aromatic N) is 2. The van der Waals surface area contributed by atoms with Crippen molar-refractivity contribution >= 4 is 12.0 Å². The third kappa shape index (κ3) is 4.39. The summed E-state index contributed by atoms with van der Waals surface area (Å²) in [6, 6.07) is 0.324. The van der Waals surface area contributed by atoms with Crippen LogP contribution in [0.1, 0.15) is 52.9 Å². The van der Waals surface area contributed by atoms with Crippen LogP contribution in [0.3, 0.4) is 0 Å². The van der Waals surface area contributed by atoms with Gasteiger partial charge in [0.05, 0.1) is 5.92 Å². The van der Waals surface area contributed by atoms with E-state index in [2.05, 4.69) is 0 Å². The van der Waals surface area contributed by atoms with Crippen molar-refractivity contribution in [3.05, 3.63) is 0 Å². The van der Waals surface area contributed by atoms with Gasteiger partial charge in [0, 0.05) is 25.7 Å². The molecule has 0 aromatic heterocycles. The Balaban J connectivity index is 2.68. The summed E-state index contributed by atoms with van der Waals surface area (Å²) in [5, 5.41) is 9.00. The maximum atomic E-state index is 12.6. The zero-order valence-electron chi connectivity index (χ0n) is 13.0. The fraction of sp³-hybridized carbons (Fsp3) is 0.867. The lowest BCUT2D eigenvalue weighted by Crippen LogP contribution is -2.50. The summed E-state index contributed by atoms with van der Waals surface area (Å²) in [7, 11) is 0. The summed E-state index contributed by atoms with van der Waals surface area (Å²) in [4.78, 5) is 27.2. The Bertz CT molecular complexity index is 327. The number of rotatable bonds is 6. The fourth-order valence-corrected chi connectivity index (χ4v) is 2.88. The summed E-state index contributed by atoms with van der Waals surface area (Å²) in [6.45, 7) is 7.09. The molecule has 116 valence electrons. The summed E-state index contributed by atoms with van der Waals surface area (Å²) < 4.78 is 0. The lowest BCUT2D eigenvalue weighted by Gasteiger charge is -2.37. The second-order valence-corrected chi connectivity index (χ2v) is 5.64. The van der Waals surface area contributed by atoms with Crippen LogP contribution in [0.5, 0.6) is 0 Å². The second kappa shape index (κ2) is 8.12. The van der Waals surface area contributed by atoms with Gasteiger partial charge in [-0.25, -0.2) is 4.79 Å². The van der Waals surface area contributed by atoms with Crippen LogP contribution in [-0.4, -0.2) is 52.6 Å². The summed E-state index contributed by atoms with van der Waals surface area (Å²) in [5.41, 5.74) is 0. The van der Waals surface area contributed by atoms with E-state index in [0.29, 0.717) is 19.1 Å². The standard InChI is InChI=1S/C15H28N2O3/c1-4-16(11-12(3)14(18)19)15(20)17(5-2)13-9-7-6-8-10-13/h12-13H,4-11H2,1-3H3,(H,18,19). The van der Waals surface area contributed by atoms with E-state index in [-0.39, 0.29) is 12.6 Å². The number of carbonyl (C=O) groups excluding carboxylic acids is 1. The molecule has 0 aromatic carbocycles. The van der Waals surface area contributed by atoms with Gasteiger partial charge < -0.3 is 14.9 Å². The van der Waals surface area contributed by atoms with E-state index in [1.165, 1.54) is 19.3 Å². The van der Waals surface area contributed by atoms with Gasteiger partial charge in [0.1, 0.15) is 0 Å². The highest BCUT2D eigenvalue weighted by atomic mass is 16.4. The number of carbonyl (C=O) groups is 2. The predicted molar refractivity (Wildman–Crippen MR) is 78.7 cm³/mol. The quantitative estimate of drug-likeness (QED) is 0.816. The maximum Gasteiger partial charge on any atom is 0.320 e. The first-order valence-corrected chi connectivity index (χ1v) is 7.79. The first-order chi connectivity index (χ1) is 9.51. The number of aliphatic carboxylic acids is 1. The SMILES string of the molecule is CCN(CC(C)C(=O)O)C(=O)N(CC)C1CCCCC1. The Labute approximate surface area is 121 Å². The molecule has 0 aromatic rings. The zero-order chi connectivity index (χ0) is 15.1. The first-order valence-electron chi connectivity index (χ1n) is 7.79. The Morgan fingerprint density at radius 2 is 1.75 bits per heavy atom. The summed E-state index contributed by atoms with van der Waals surface area (Å²) >= 11 is 0. The van der Waals surface area contributed by atoms with Crippen molar-refractivity contribution in [2.45, 2.75) is 58.9 Å². The van der Waals surface area contributed by atoms with Gasteiger partial charge in [-0.15, -0.1) is 0 Å². The van der Waals surface area contributed by atoms with Crippen LogP contribution in [0.25, 0.3) is 0 Å². The average molecular weight is 284 g/mol. The highest BCUT2D eigenvalue weighted by Crippen LogP contribution is 2.23. The molecule has 0 radical (unpaired) electrons. The molecule has 1 rings (SSSR count). The zero-order valence-corrected chi connectivity index (χ0v) is 13.0. The van der Waals surface area contributed by atoms with E-state index in [9.17, 15) is 9.59 Å². The lowest BCUT2D eigenvalue weighted by molar-refractivity contribution is -0.141. The molecule has 1 aliphatic rings. The van der Waals surface area contributed by atoms with Crippen LogP contribution < -0.4 is 0 Å². The number of amides is 2. The molecule has 1 saturated carbocycles. The van der Waals surface area contributed by atoms with E-state index < -0.39 is 11.9 Å². The number of carboxylic acid groups (broad SMARTS) is 1. The molecular weight excluding hydrogens is 256 g/mol. The van der Waals surface area contributed by atoms with Crippen molar-refractivity contribution < 1.29 is 14.7 Å². The van der Waals surface area contributed by atoms with Crippen molar-refractivity contribution in [3.8, 4) is 0 Å². The minimum Gasteiger partial charge on any atom is -0.481 e. The molecule has 20 heavy (non-hydrogen) atoms. The molecule has 1 unspecified atom stereocenters. The molecule has 0 spiro atoms. The third-order valence-electron chi connectivity index (χ3n) is 4.17. The average Bonchev–Trinajstić information content (AvgIpc) is 2.46. The van der Waals surface area contributed by atoms with E-state index >= 15 is 0 Å². The molecular formula is C15H28N2O3. The van der Waals surface area contributed by atoms with Gasteiger partial charge in [-0.3, -0.25) is 4.79 Å². The van der Waals surface area contributed by atoms with E-state index in [4.69, 9.17) is 5.11 Å². The normalized spacial score (nSPS) is 17.6. The Morgan fingerprint density at radius 3 is 2.20 bits per heavy atom. The smallest absolute Gasteiger partial charge is 0.320 e. The minimum absolute atomic E-state index is 0.00463. The van der Waals surface area contributed by atoms with Crippen LogP contribution in [-0.2, 0) is 4.79 Å². The van der Waals surface area contributed by atoms with Gasteiger partial charge in [-0.2, -0.15) is 0 Å². The van der Waals surface area contributed by atoms with Crippen molar-refractivity contribution in [1.82, 2.24) is 9.80 Å². The third-order valence-corrected chi connectivity index (χ3v) is 4.17. The Hall–Kier alpha value is -1.26. The number of hydrogen-bond donors (Lipinski definition) is 1. The van der Waals surface area contributed by atoms with Crippen molar-refractivity contribution in [3.63, 3.8) is 0 Å². The molecule has 1 N–H and O–H groups in total. The Morgan fingerprint density at radius 1 is 1.15 bits per heavy atom. The molecule has 5 heteroatoms. The summed E-state index contributed by atoms with van der Waals surface area (Å²) in [5.74, 6) is -1.37. The number of urea groups is 1. The first kappa shape index (κ1) is 16.8. The fourth-order valence-electron chi connectivity index (χ4n) is 2.88. The van der Waals surface area contributed by atoms with Crippen molar-refractivity contribution in [2.24, 2.45) is 5.92 Å². The van der Waals surface area contributed by atoms with Crippen LogP contribution in [0.2, 0.25) is 0 Å². The predicted octanol–water partition coefficient (Wildman–Crippen LogP) is 2.80. The molecule has 0 saturated heterocycles. The van der Waals surface area contributed by atoms with Gasteiger partial charge in [-0.05, 0) is 26.7 Å². The number of hydrogen-bond acceptors (Lipinski definition) is 2. The molecule has 1 fully saturated rings. The molecule has 0 aliphatic heterocycles. The molecule has 1 aliphatic carbocycles. The topological polar surface area (TPSA) is 60.9 Å². The van der Waals surface area contributed by atoms with Crippen LogP contribution in [0.15, 0.2) is 0 Å². The minimum atomic E-state index is -0.850. The van der Waals surface area contributed by atoms with Crippen molar-refractivity contribution in [1.29, 1.82) is 0 Å². The van der Waals surface area contributed by atoms with Gasteiger partial charge in [0.15, 0.2) is 0 Å². The van der Waals surface area contributed by atoms with Crippen LogP contribution >= 0.6 is 0 Å². The Kier molecular flexibility index (Phi) is 6.82. The van der Waals surface area contributed by atoms with Gasteiger partial charge >= 0.3 is 12.0 Å². The van der Waals surface area contributed by atoms with E-state index in [1.807, 2.05) is 18.7 Å². The van der Waals surface area contributed by atoms with Gasteiger partial charge in [0.2, 0.25) is 0 Å². The van der Waals surface area contributed by atoms with Gasteiger partial charge in [-0.1, -0.05) is 26.2 Å². The maximum absolute atomic E-state index is 12.6. The summed E-state index contributed by atoms with van der Waals surface area (Å²) in [6.07, 6.45) is 5.78. The highest BCUT2D eigenvalue weighted by Gasteiger charge is 2.28. The molecule has 1 atom stereocenters. The number of carboxylic acids is 1. The molecule has 0 bridgehead atoms. The lowest BCUT2D eigenvalue weighted by atomic mass is 9.94. The van der Waals surface area contributed by atoms with Gasteiger partial charge in [0.25, 0.3) is 0 Å². The molecule has 2 amide bonds. The van der Waals surface area contributed by atoms with E-state index in [0.717, 1.165) is 12.8 Å². The van der Waals surface area contributed by atoms with Crippen LogP contribution in [0, 0.1) is 5.92 Å². The van der Waals surface area contributed by atoms with E-state index in [1.54, 1.807) is 11.8 Å². The largest absolute Gasteiger partial charge is 0.481 e. The van der Waals surface area contributed by atoms with Crippen LogP contribution in [0.4, 0.5) is 4.79 Å². The molecule has 5 nitrogen and oxygen atoms in total. The monoisotopic (exact) mass is 284 g/mol. The van der Waals surface area contributed by atoms with Crippen molar-refractivity contribution in [2.75, 3.05) is 19.6 Å². The highest BCUT2D eigenvalue weighted by molar-refractivity contribution is 5.76. The second-order valence-electron chi connectivity index (χ2n) is 5.64.